The number of aromatic nitrogens is 2. The van der Waals surface area contributed by atoms with Gasteiger partial charge in [0.25, 0.3) is 5.91 Å². The molecule has 30 heavy (non-hydrogen) atoms. The molecule has 156 valence electrons. The molecule has 6 nitrogen and oxygen atoms in total. The van der Waals surface area contributed by atoms with Crippen molar-refractivity contribution in [3.8, 4) is 16.9 Å². The van der Waals surface area contributed by atoms with E-state index in [1.807, 2.05) is 79.0 Å². The molecule has 0 saturated carbocycles. The third-order valence-electron chi connectivity index (χ3n) is 5.82. The lowest BCUT2D eigenvalue weighted by Crippen LogP contribution is -2.43. The van der Waals surface area contributed by atoms with Gasteiger partial charge in [-0.2, -0.15) is 5.10 Å². The predicted octanol–water partition coefficient (Wildman–Crippen LogP) is 3.93. The van der Waals surface area contributed by atoms with Crippen LogP contribution < -0.4 is 4.74 Å². The van der Waals surface area contributed by atoms with Crippen molar-refractivity contribution in [3.05, 3.63) is 71.0 Å². The topological polar surface area (TPSA) is 56.6 Å². The summed E-state index contributed by atoms with van der Waals surface area (Å²) in [7, 11) is 3.58. The monoisotopic (exact) mass is 405 g/mol. The molecule has 0 radical (unpaired) electrons. The maximum Gasteiger partial charge on any atom is 0.254 e. The SMILES string of the molecule is COc1ccc(C(=O)N2CCOC[C@H]2c2c(C)nn(C)c2C)cc1-c1ccccc1. The number of hydrogen-bond donors (Lipinski definition) is 0. The molecule has 1 aliphatic rings. The summed E-state index contributed by atoms with van der Waals surface area (Å²) < 4.78 is 13.2. The van der Waals surface area contributed by atoms with Crippen LogP contribution in [0.4, 0.5) is 0 Å². The zero-order valence-corrected chi connectivity index (χ0v) is 17.9. The van der Waals surface area contributed by atoms with Crippen LogP contribution in [-0.2, 0) is 11.8 Å². The lowest BCUT2D eigenvalue weighted by atomic mass is 9.99. The van der Waals surface area contributed by atoms with Gasteiger partial charge in [0.15, 0.2) is 0 Å². The van der Waals surface area contributed by atoms with E-state index in [0.717, 1.165) is 33.8 Å². The molecule has 1 fully saturated rings. The second-order valence-electron chi connectivity index (χ2n) is 7.58. The van der Waals surface area contributed by atoms with E-state index in [4.69, 9.17) is 9.47 Å². The molecule has 1 amide bonds. The number of nitrogens with zero attached hydrogens (tertiary/aromatic N) is 3. The van der Waals surface area contributed by atoms with E-state index >= 15 is 0 Å². The maximum atomic E-state index is 13.6. The number of amides is 1. The minimum Gasteiger partial charge on any atom is -0.496 e. The van der Waals surface area contributed by atoms with Crippen molar-refractivity contribution in [2.45, 2.75) is 19.9 Å². The number of benzene rings is 2. The van der Waals surface area contributed by atoms with Gasteiger partial charge in [-0.3, -0.25) is 9.48 Å². The van der Waals surface area contributed by atoms with Gasteiger partial charge in [-0.25, -0.2) is 0 Å². The molecule has 0 bridgehead atoms. The van der Waals surface area contributed by atoms with Gasteiger partial charge in [0.1, 0.15) is 5.75 Å². The van der Waals surface area contributed by atoms with Gasteiger partial charge in [-0.1, -0.05) is 30.3 Å². The lowest BCUT2D eigenvalue weighted by molar-refractivity contribution is -0.00304. The van der Waals surface area contributed by atoms with Crippen LogP contribution in [0.1, 0.15) is 33.4 Å². The van der Waals surface area contributed by atoms with Crippen LogP contribution in [-0.4, -0.2) is 47.5 Å². The van der Waals surface area contributed by atoms with Crippen molar-refractivity contribution in [3.63, 3.8) is 0 Å². The zero-order chi connectivity index (χ0) is 21.3. The molecule has 3 aromatic rings. The molecular weight excluding hydrogens is 378 g/mol. The Kier molecular flexibility index (Phi) is 5.59. The fourth-order valence-electron chi connectivity index (χ4n) is 4.21. The summed E-state index contributed by atoms with van der Waals surface area (Å²) in [5, 5.41) is 4.54. The largest absolute Gasteiger partial charge is 0.496 e. The first-order chi connectivity index (χ1) is 14.5. The standard InChI is InChI=1S/C24H27N3O3/c1-16-23(17(2)26(3)25-16)21-15-30-13-12-27(21)24(28)19-10-11-22(29-4)20(14-19)18-8-6-5-7-9-18/h5-11,14,21H,12-13,15H2,1-4H3/t21-/m0/s1. The first-order valence-electron chi connectivity index (χ1n) is 10.1. The third-order valence-corrected chi connectivity index (χ3v) is 5.82. The Bertz CT molecular complexity index is 1060. The Labute approximate surface area is 177 Å². The highest BCUT2D eigenvalue weighted by molar-refractivity contribution is 5.96. The van der Waals surface area contributed by atoms with Gasteiger partial charge in [0.05, 0.1) is 32.1 Å². The normalized spacial score (nSPS) is 16.5. The number of morpholine rings is 1. The highest BCUT2D eigenvalue weighted by atomic mass is 16.5. The smallest absolute Gasteiger partial charge is 0.254 e. The quantitative estimate of drug-likeness (QED) is 0.660. The van der Waals surface area contributed by atoms with Gasteiger partial charge < -0.3 is 14.4 Å². The van der Waals surface area contributed by atoms with Gasteiger partial charge >= 0.3 is 0 Å². The second-order valence-corrected chi connectivity index (χ2v) is 7.58. The van der Waals surface area contributed by atoms with E-state index in [1.54, 1.807) is 7.11 Å². The zero-order valence-electron chi connectivity index (χ0n) is 17.9. The third kappa shape index (κ3) is 3.59. The minimum absolute atomic E-state index is 0.00853. The summed E-state index contributed by atoms with van der Waals surface area (Å²) in [6.45, 7) is 5.57. The molecule has 1 aliphatic heterocycles. The molecule has 6 heteroatoms. The Morgan fingerprint density at radius 2 is 1.93 bits per heavy atom. The Morgan fingerprint density at radius 1 is 1.17 bits per heavy atom. The molecule has 0 aliphatic carbocycles. The van der Waals surface area contributed by atoms with Gasteiger partial charge in [0, 0.05) is 36.0 Å². The molecule has 1 aromatic heterocycles. The van der Waals surface area contributed by atoms with E-state index in [1.165, 1.54) is 0 Å². The molecule has 2 heterocycles. The summed E-state index contributed by atoms with van der Waals surface area (Å²) in [5.41, 5.74) is 5.62. The number of rotatable bonds is 4. The molecule has 2 aromatic carbocycles. The van der Waals surface area contributed by atoms with E-state index in [-0.39, 0.29) is 11.9 Å². The molecular formula is C24H27N3O3. The highest BCUT2D eigenvalue weighted by Gasteiger charge is 2.33. The van der Waals surface area contributed by atoms with Crippen molar-refractivity contribution in [2.75, 3.05) is 26.9 Å². The van der Waals surface area contributed by atoms with Gasteiger partial charge in [0.2, 0.25) is 0 Å². The summed E-state index contributed by atoms with van der Waals surface area (Å²) in [6, 6.07) is 15.5. The molecule has 0 spiro atoms. The summed E-state index contributed by atoms with van der Waals surface area (Å²) in [4.78, 5) is 15.5. The van der Waals surface area contributed by atoms with E-state index < -0.39 is 0 Å². The minimum atomic E-state index is -0.151. The predicted molar refractivity (Wildman–Crippen MR) is 116 cm³/mol. The highest BCUT2D eigenvalue weighted by Crippen LogP contribution is 2.34. The fourth-order valence-corrected chi connectivity index (χ4v) is 4.21. The van der Waals surface area contributed by atoms with Crippen LogP contribution in [0.2, 0.25) is 0 Å². The summed E-state index contributed by atoms with van der Waals surface area (Å²) >= 11 is 0. The van der Waals surface area contributed by atoms with Crippen molar-refractivity contribution >= 4 is 5.91 Å². The Balaban J connectivity index is 1.72. The van der Waals surface area contributed by atoms with Crippen LogP contribution in [0.3, 0.4) is 0 Å². The fraction of sp³-hybridized carbons (Fsp3) is 0.333. The van der Waals surface area contributed by atoms with E-state index in [2.05, 4.69) is 5.10 Å². The average Bonchev–Trinajstić information content (AvgIpc) is 3.04. The number of carbonyl (C=O) groups is 1. The van der Waals surface area contributed by atoms with Crippen LogP contribution in [0.25, 0.3) is 11.1 Å². The van der Waals surface area contributed by atoms with Crippen molar-refractivity contribution in [2.24, 2.45) is 7.05 Å². The molecule has 4 rings (SSSR count). The first-order valence-corrected chi connectivity index (χ1v) is 10.1. The lowest BCUT2D eigenvalue weighted by Gasteiger charge is -2.36. The number of ether oxygens (including phenoxy) is 2. The summed E-state index contributed by atoms with van der Waals surface area (Å²) in [5.74, 6) is 0.737. The van der Waals surface area contributed by atoms with E-state index in [9.17, 15) is 4.79 Å². The Morgan fingerprint density at radius 3 is 2.60 bits per heavy atom. The number of aryl methyl sites for hydroxylation is 2. The van der Waals surface area contributed by atoms with Crippen molar-refractivity contribution < 1.29 is 14.3 Å². The van der Waals surface area contributed by atoms with Gasteiger partial charge in [-0.05, 0) is 37.6 Å². The van der Waals surface area contributed by atoms with Crippen LogP contribution in [0, 0.1) is 13.8 Å². The average molecular weight is 405 g/mol. The van der Waals surface area contributed by atoms with Gasteiger partial charge in [-0.15, -0.1) is 0 Å². The number of methoxy groups -OCH3 is 1. The molecule has 0 unspecified atom stereocenters. The van der Waals surface area contributed by atoms with Crippen LogP contribution in [0.15, 0.2) is 48.5 Å². The second kappa shape index (κ2) is 8.32. The summed E-state index contributed by atoms with van der Waals surface area (Å²) in [6.07, 6.45) is 0. The van der Waals surface area contributed by atoms with Crippen LogP contribution >= 0.6 is 0 Å². The van der Waals surface area contributed by atoms with Crippen molar-refractivity contribution in [1.82, 2.24) is 14.7 Å². The number of carbonyl (C=O) groups excluding carboxylic acids is 1. The Hall–Kier alpha value is -3.12. The first kappa shape index (κ1) is 20.2. The maximum absolute atomic E-state index is 13.6. The van der Waals surface area contributed by atoms with E-state index in [0.29, 0.717) is 25.3 Å². The number of hydrogen-bond acceptors (Lipinski definition) is 4. The molecule has 1 saturated heterocycles. The molecule has 1 atom stereocenters. The molecule has 0 N–H and O–H groups in total. The van der Waals surface area contributed by atoms with Crippen LogP contribution in [0.5, 0.6) is 5.75 Å². The van der Waals surface area contributed by atoms with Crippen molar-refractivity contribution in [1.29, 1.82) is 0 Å².